The van der Waals surface area contributed by atoms with Crippen LogP contribution in [0, 0.1) is 5.92 Å². The molecule has 0 saturated heterocycles. The van der Waals surface area contributed by atoms with Crippen molar-refractivity contribution in [1.82, 2.24) is 0 Å². The van der Waals surface area contributed by atoms with E-state index in [1.54, 1.807) is 48.5 Å². The number of rotatable bonds is 3. The molecule has 0 spiro atoms. The van der Waals surface area contributed by atoms with Crippen LogP contribution in [0.5, 0.6) is 0 Å². The van der Waals surface area contributed by atoms with Crippen molar-refractivity contribution < 1.29 is 14.4 Å². The fourth-order valence-corrected chi connectivity index (χ4v) is 3.55. The summed E-state index contributed by atoms with van der Waals surface area (Å²) < 4.78 is 0. The highest BCUT2D eigenvalue weighted by Gasteiger charge is 2.36. The van der Waals surface area contributed by atoms with E-state index in [1.807, 2.05) is 0 Å². The first kappa shape index (κ1) is 15.6. The van der Waals surface area contributed by atoms with Gasteiger partial charge in [-0.1, -0.05) is 25.0 Å². The molecule has 3 amide bonds. The Kier molecular flexibility index (Phi) is 3.84. The molecular weight excluding hydrogens is 316 g/mol. The number of hydrogen-bond acceptors (Lipinski definition) is 3. The number of hydrogen-bond donors (Lipinski definition) is 1. The van der Waals surface area contributed by atoms with Gasteiger partial charge in [0.25, 0.3) is 11.8 Å². The molecular formula is C20H18N2O3. The van der Waals surface area contributed by atoms with Gasteiger partial charge in [-0.2, -0.15) is 0 Å². The van der Waals surface area contributed by atoms with E-state index in [0.29, 0.717) is 22.5 Å². The molecule has 1 saturated carbocycles. The van der Waals surface area contributed by atoms with E-state index >= 15 is 0 Å². The number of imide groups is 1. The maximum absolute atomic E-state index is 12.5. The van der Waals surface area contributed by atoms with Gasteiger partial charge in [0.05, 0.1) is 16.8 Å². The minimum absolute atomic E-state index is 0.0472. The van der Waals surface area contributed by atoms with Gasteiger partial charge in [-0.15, -0.1) is 0 Å². The Balaban J connectivity index is 1.52. The number of anilines is 2. The molecule has 0 bridgehead atoms. The van der Waals surface area contributed by atoms with E-state index in [0.717, 1.165) is 25.7 Å². The van der Waals surface area contributed by atoms with Gasteiger partial charge in [-0.05, 0) is 49.2 Å². The molecule has 2 aromatic rings. The Morgan fingerprint density at radius 1 is 0.880 bits per heavy atom. The first-order valence-corrected chi connectivity index (χ1v) is 8.54. The van der Waals surface area contributed by atoms with Crippen LogP contribution in [0.2, 0.25) is 0 Å². The van der Waals surface area contributed by atoms with E-state index in [-0.39, 0.29) is 23.6 Å². The van der Waals surface area contributed by atoms with Crippen LogP contribution >= 0.6 is 0 Å². The van der Waals surface area contributed by atoms with Gasteiger partial charge in [0.2, 0.25) is 5.91 Å². The number of fused-ring (bicyclic) bond motifs is 1. The lowest BCUT2D eigenvalue weighted by molar-refractivity contribution is -0.119. The zero-order valence-corrected chi connectivity index (χ0v) is 13.7. The maximum Gasteiger partial charge on any atom is 0.266 e. The van der Waals surface area contributed by atoms with Crippen LogP contribution in [0.1, 0.15) is 46.4 Å². The third-order valence-corrected chi connectivity index (χ3v) is 4.91. The van der Waals surface area contributed by atoms with Crippen molar-refractivity contribution in [2.24, 2.45) is 5.92 Å². The maximum atomic E-state index is 12.5. The molecule has 1 heterocycles. The topological polar surface area (TPSA) is 66.5 Å². The lowest BCUT2D eigenvalue weighted by atomic mass is 10.1. The average molecular weight is 334 g/mol. The first-order chi connectivity index (χ1) is 12.1. The summed E-state index contributed by atoms with van der Waals surface area (Å²) in [6.07, 6.45) is 4.10. The Bertz CT molecular complexity index is 816. The van der Waals surface area contributed by atoms with Crippen LogP contribution in [-0.4, -0.2) is 17.7 Å². The van der Waals surface area contributed by atoms with Crippen molar-refractivity contribution in [2.75, 3.05) is 10.2 Å². The van der Waals surface area contributed by atoms with Crippen LogP contribution in [0.4, 0.5) is 11.4 Å². The monoisotopic (exact) mass is 334 g/mol. The Morgan fingerprint density at radius 2 is 1.44 bits per heavy atom. The predicted octanol–water partition coefficient (Wildman–Crippen LogP) is 3.62. The second-order valence-electron chi connectivity index (χ2n) is 6.51. The zero-order chi connectivity index (χ0) is 17.4. The Hall–Kier alpha value is -2.95. The molecule has 2 aromatic carbocycles. The molecule has 5 heteroatoms. The fraction of sp³-hybridized carbons (Fsp3) is 0.250. The van der Waals surface area contributed by atoms with Gasteiger partial charge < -0.3 is 5.32 Å². The molecule has 1 N–H and O–H groups in total. The van der Waals surface area contributed by atoms with E-state index in [4.69, 9.17) is 0 Å². The smallest absolute Gasteiger partial charge is 0.266 e. The predicted molar refractivity (Wildman–Crippen MR) is 94.6 cm³/mol. The second kappa shape index (κ2) is 6.16. The van der Waals surface area contributed by atoms with Crippen molar-refractivity contribution in [1.29, 1.82) is 0 Å². The first-order valence-electron chi connectivity index (χ1n) is 8.54. The summed E-state index contributed by atoms with van der Waals surface area (Å²) in [4.78, 5) is 38.3. The molecule has 1 aliphatic carbocycles. The lowest BCUT2D eigenvalue weighted by Gasteiger charge is -2.15. The fourth-order valence-electron chi connectivity index (χ4n) is 3.55. The molecule has 0 unspecified atom stereocenters. The molecule has 0 atom stereocenters. The SMILES string of the molecule is O=C(Nc1ccc(N2C(=O)c3ccccc3C2=O)cc1)C1CCCC1. The minimum Gasteiger partial charge on any atom is -0.326 e. The third kappa shape index (κ3) is 2.71. The van der Waals surface area contributed by atoms with Crippen molar-refractivity contribution >= 4 is 29.1 Å². The van der Waals surface area contributed by atoms with Crippen molar-refractivity contribution in [3.63, 3.8) is 0 Å². The van der Waals surface area contributed by atoms with E-state index < -0.39 is 0 Å². The standard InChI is InChI=1S/C20H18N2O3/c23-18(13-5-1-2-6-13)21-14-9-11-15(12-10-14)22-19(24)16-7-3-4-8-17(16)20(22)25/h3-4,7-13H,1-2,5-6H2,(H,21,23). The summed E-state index contributed by atoms with van der Waals surface area (Å²) in [6, 6.07) is 13.6. The minimum atomic E-state index is -0.316. The number of nitrogens with one attached hydrogen (secondary N) is 1. The summed E-state index contributed by atoms with van der Waals surface area (Å²) in [5.74, 6) is -0.492. The molecule has 4 rings (SSSR count). The van der Waals surface area contributed by atoms with Gasteiger partial charge >= 0.3 is 0 Å². The summed E-state index contributed by atoms with van der Waals surface area (Å²) in [7, 11) is 0. The Labute approximate surface area is 145 Å². The Morgan fingerprint density at radius 3 is 2.00 bits per heavy atom. The molecule has 25 heavy (non-hydrogen) atoms. The highest BCUT2D eigenvalue weighted by Crippen LogP contribution is 2.30. The highest BCUT2D eigenvalue weighted by molar-refractivity contribution is 6.34. The van der Waals surface area contributed by atoms with Gasteiger partial charge in [-0.3, -0.25) is 14.4 Å². The molecule has 126 valence electrons. The normalized spacial score (nSPS) is 17.0. The molecule has 1 aliphatic heterocycles. The number of benzene rings is 2. The van der Waals surface area contributed by atoms with Crippen molar-refractivity contribution in [3.05, 3.63) is 59.7 Å². The van der Waals surface area contributed by atoms with Gasteiger partial charge in [0.15, 0.2) is 0 Å². The van der Waals surface area contributed by atoms with Crippen LogP contribution in [-0.2, 0) is 4.79 Å². The summed E-state index contributed by atoms with van der Waals surface area (Å²) in [5, 5.41) is 2.91. The summed E-state index contributed by atoms with van der Waals surface area (Å²) in [6.45, 7) is 0. The second-order valence-corrected chi connectivity index (χ2v) is 6.51. The third-order valence-electron chi connectivity index (χ3n) is 4.91. The zero-order valence-electron chi connectivity index (χ0n) is 13.7. The van der Waals surface area contributed by atoms with E-state index in [9.17, 15) is 14.4 Å². The highest BCUT2D eigenvalue weighted by atomic mass is 16.2. The van der Waals surface area contributed by atoms with E-state index in [1.165, 1.54) is 4.90 Å². The number of amides is 3. The quantitative estimate of drug-likeness (QED) is 0.872. The van der Waals surface area contributed by atoms with Crippen molar-refractivity contribution in [2.45, 2.75) is 25.7 Å². The van der Waals surface area contributed by atoms with Crippen LogP contribution in [0.25, 0.3) is 0 Å². The summed E-state index contributed by atoms with van der Waals surface area (Å²) in [5.41, 5.74) is 2.03. The lowest BCUT2D eigenvalue weighted by Crippen LogP contribution is -2.29. The molecule has 1 fully saturated rings. The van der Waals surface area contributed by atoms with Gasteiger partial charge in [0, 0.05) is 11.6 Å². The van der Waals surface area contributed by atoms with E-state index in [2.05, 4.69) is 5.32 Å². The molecule has 0 radical (unpaired) electrons. The summed E-state index contributed by atoms with van der Waals surface area (Å²) >= 11 is 0. The van der Waals surface area contributed by atoms with Crippen LogP contribution < -0.4 is 10.2 Å². The van der Waals surface area contributed by atoms with Crippen LogP contribution in [0.15, 0.2) is 48.5 Å². The molecule has 5 nitrogen and oxygen atoms in total. The van der Waals surface area contributed by atoms with Gasteiger partial charge in [-0.25, -0.2) is 4.90 Å². The molecule has 0 aromatic heterocycles. The molecule has 2 aliphatic rings. The van der Waals surface area contributed by atoms with Gasteiger partial charge in [0.1, 0.15) is 0 Å². The number of carbonyl (C=O) groups is 3. The largest absolute Gasteiger partial charge is 0.326 e. The number of nitrogens with zero attached hydrogens (tertiary/aromatic N) is 1. The number of carbonyl (C=O) groups excluding carboxylic acids is 3. The van der Waals surface area contributed by atoms with Crippen molar-refractivity contribution in [3.8, 4) is 0 Å². The van der Waals surface area contributed by atoms with Crippen LogP contribution in [0.3, 0.4) is 0 Å². The average Bonchev–Trinajstić information content (AvgIpc) is 3.25.